The van der Waals surface area contributed by atoms with E-state index < -0.39 is 0 Å². The van der Waals surface area contributed by atoms with Crippen molar-refractivity contribution < 1.29 is 9.13 Å². The van der Waals surface area contributed by atoms with Gasteiger partial charge in [0.1, 0.15) is 11.6 Å². The van der Waals surface area contributed by atoms with Gasteiger partial charge in [-0.1, -0.05) is 20.8 Å². The van der Waals surface area contributed by atoms with E-state index in [0.717, 1.165) is 5.75 Å². The summed E-state index contributed by atoms with van der Waals surface area (Å²) in [6.45, 7) is 9.89. The first kappa shape index (κ1) is 12.0. The highest BCUT2D eigenvalue weighted by Gasteiger charge is 2.19. The zero-order valence-corrected chi connectivity index (χ0v) is 10.1. The Morgan fingerprint density at radius 2 is 1.80 bits per heavy atom. The zero-order chi connectivity index (χ0) is 11.6. The van der Waals surface area contributed by atoms with Crippen LogP contribution in [0.4, 0.5) is 4.39 Å². The Kier molecular flexibility index (Phi) is 3.38. The summed E-state index contributed by atoms with van der Waals surface area (Å²) in [6.07, 6.45) is 0.114. The molecule has 0 heterocycles. The lowest BCUT2D eigenvalue weighted by Crippen LogP contribution is -2.14. The summed E-state index contributed by atoms with van der Waals surface area (Å²) >= 11 is 0. The third-order valence-electron chi connectivity index (χ3n) is 2.12. The Labute approximate surface area is 91.3 Å². The second-order valence-corrected chi connectivity index (χ2v) is 5.06. The van der Waals surface area contributed by atoms with Gasteiger partial charge in [-0.3, -0.25) is 0 Å². The first-order chi connectivity index (χ1) is 6.80. The van der Waals surface area contributed by atoms with Crippen molar-refractivity contribution in [3.05, 3.63) is 29.6 Å². The summed E-state index contributed by atoms with van der Waals surface area (Å²) in [7, 11) is 0. The highest BCUT2D eigenvalue weighted by molar-refractivity contribution is 5.34. The molecule has 0 radical (unpaired) electrons. The average molecular weight is 210 g/mol. The fraction of sp³-hybridized carbons (Fsp3) is 0.538. The Morgan fingerprint density at radius 1 is 1.20 bits per heavy atom. The molecule has 0 saturated heterocycles. The van der Waals surface area contributed by atoms with Crippen molar-refractivity contribution in [1.29, 1.82) is 0 Å². The quantitative estimate of drug-likeness (QED) is 0.719. The molecule has 0 fully saturated rings. The molecule has 2 heteroatoms. The van der Waals surface area contributed by atoms with Gasteiger partial charge in [-0.05, 0) is 43.0 Å². The zero-order valence-electron chi connectivity index (χ0n) is 10.1. The fourth-order valence-corrected chi connectivity index (χ4v) is 1.42. The number of halogens is 1. The second-order valence-electron chi connectivity index (χ2n) is 5.06. The van der Waals surface area contributed by atoms with E-state index in [-0.39, 0.29) is 17.3 Å². The number of hydrogen-bond donors (Lipinski definition) is 0. The highest BCUT2D eigenvalue weighted by atomic mass is 19.1. The van der Waals surface area contributed by atoms with Crippen molar-refractivity contribution >= 4 is 0 Å². The number of hydrogen-bond acceptors (Lipinski definition) is 1. The highest BCUT2D eigenvalue weighted by Crippen LogP contribution is 2.28. The molecule has 1 nitrogen and oxygen atoms in total. The van der Waals surface area contributed by atoms with Crippen LogP contribution in [0.1, 0.15) is 40.2 Å². The fourth-order valence-electron chi connectivity index (χ4n) is 1.42. The molecule has 84 valence electrons. The van der Waals surface area contributed by atoms with E-state index >= 15 is 0 Å². The molecule has 0 aliphatic heterocycles. The summed E-state index contributed by atoms with van der Waals surface area (Å²) < 4.78 is 19.1. The predicted molar refractivity (Wildman–Crippen MR) is 60.9 cm³/mol. The van der Waals surface area contributed by atoms with Crippen LogP contribution in [0.5, 0.6) is 5.75 Å². The first-order valence-electron chi connectivity index (χ1n) is 5.27. The summed E-state index contributed by atoms with van der Waals surface area (Å²) in [4.78, 5) is 0. The minimum Gasteiger partial charge on any atom is -0.491 e. The minimum atomic E-state index is -0.194. The van der Waals surface area contributed by atoms with Gasteiger partial charge in [0.2, 0.25) is 0 Å². The lowest BCUT2D eigenvalue weighted by Gasteiger charge is -2.21. The largest absolute Gasteiger partial charge is 0.491 e. The lowest BCUT2D eigenvalue weighted by atomic mass is 9.86. The molecule has 1 rings (SSSR count). The first-order valence-corrected chi connectivity index (χ1v) is 5.27. The van der Waals surface area contributed by atoms with Gasteiger partial charge in [0.05, 0.1) is 6.10 Å². The smallest absolute Gasteiger partial charge is 0.127 e. The lowest BCUT2D eigenvalue weighted by molar-refractivity contribution is 0.241. The van der Waals surface area contributed by atoms with Crippen LogP contribution in [0.3, 0.4) is 0 Å². The Bertz CT molecular complexity index is 337. The summed E-state index contributed by atoms with van der Waals surface area (Å²) in [5, 5.41) is 0. The Morgan fingerprint density at radius 3 is 2.27 bits per heavy atom. The standard InChI is InChI=1S/C13H19FO/c1-9(2)15-10-6-7-12(14)11(8-10)13(3,4)5/h6-9H,1-5H3. The van der Waals surface area contributed by atoms with E-state index in [1.165, 1.54) is 6.07 Å². The number of rotatable bonds is 2. The molecule has 0 bridgehead atoms. The van der Waals surface area contributed by atoms with Crippen LogP contribution in [0.25, 0.3) is 0 Å². The molecule has 0 atom stereocenters. The van der Waals surface area contributed by atoms with Gasteiger partial charge >= 0.3 is 0 Å². The van der Waals surface area contributed by atoms with Crippen molar-refractivity contribution in [2.24, 2.45) is 0 Å². The van der Waals surface area contributed by atoms with Gasteiger partial charge in [-0.2, -0.15) is 0 Å². The van der Waals surface area contributed by atoms with E-state index in [2.05, 4.69) is 0 Å². The second kappa shape index (κ2) is 4.21. The van der Waals surface area contributed by atoms with Gasteiger partial charge in [0, 0.05) is 0 Å². The monoisotopic (exact) mass is 210 g/mol. The van der Waals surface area contributed by atoms with E-state index in [4.69, 9.17) is 4.74 Å². The van der Waals surface area contributed by atoms with Crippen molar-refractivity contribution in [2.75, 3.05) is 0 Å². The van der Waals surface area contributed by atoms with E-state index in [9.17, 15) is 4.39 Å². The molecular weight excluding hydrogens is 191 g/mol. The van der Waals surface area contributed by atoms with Crippen LogP contribution in [0.15, 0.2) is 18.2 Å². The molecule has 0 aliphatic carbocycles. The van der Waals surface area contributed by atoms with Crippen LogP contribution < -0.4 is 4.74 Å². The van der Waals surface area contributed by atoms with Crippen LogP contribution in [-0.2, 0) is 5.41 Å². The molecular formula is C13H19FO. The van der Waals surface area contributed by atoms with Gasteiger partial charge < -0.3 is 4.74 Å². The van der Waals surface area contributed by atoms with Crippen LogP contribution in [-0.4, -0.2) is 6.10 Å². The van der Waals surface area contributed by atoms with Gasteiger partial charge in [-0.25, -0.2) is 4.39 Å². The van der Waals surface area contributed by atoms with Gasteiger partial charge in [-0.15, -0.1) is 0 Å². The maximum atomic E-state index is 13.5. The molecule has 0 saturated carbocycles. The topological polar surface area (TPSA) is 9.23 Å². The van der Waals surface area contributed by atoms with Crippen LogP contribution >= 0.6 is 0 Å². The van der Waals surface area contributed by atoms with E-state index in [1.54, 1.807) is 12.1 Å². The normalized spacial score (nSPS) is 11.9. The van der Waals surface area contributed by atoms with Gasteiger partial charge in [0.25, 0.3) is 0 Å². The number of benzene rings is 1. The third kappa shape index (κ3) is 3.22. The summed E-state index contributed by atoms with van der Waals surface area (Å²) in [6, 6.07) is 4.93. The van der Waals surface area contributed by atoms with Crippen molar-refractivity contribution in [3.8, 4) is 5.75 Å². The molecule has 0 N–H and O–H groups in total. The molecule has 0 spiro atoms. The van der Waals surface area contributed by atoms with E-state index in [1.807, 2.05) is 34.6 Å². The SMILES string of the molecule is CC(C)Oc1ccc(F)c(C(C)(C)C)c1. The molecule has 15 heavy (non-hydrogen) atoms. The Balaban J connectivity index is 3.06. The van der Waals surface area contributed by atoms with Crippen molar-refractivity contribution in [3.63, 3.8) is 0 Å². The van der Waals surface area contributed by atoms with Gasteiger partial charge in [0.15, 0.2) is 0 Å². The average Bonchev–Trinajstić information content (AvgIpc) is 2.05. The van der Waals surface area contributed by atoms with Crippen LogP contribution in [0, 0.1) is 5.82 Å². The third-order valence-corrected chi connectivity index (χ3v) is 2.12. The minimum absolute atomic E-state index is 0.114. The molecule has 1 aromatic rings. The summed E-state index contributed by atoms with van der Waals surface area (Å²) in [5.41, 5.74) is 0.501. The van der Waals surface area contributed by atoms with Crippen molar-refractivity contribution in [2.45, 2.75) is 46.1 Å². The van der Waals surface area contributed by atoms with E-state index in [0.29, 0.717) is 5.56 Å². The summed E-state index contributed by atoms with van der Waals surface area (Å²) in [5.74, 6) is 0.565. The molecule has 0 amide bonds. The predicted octanol–water partition coefficient (Wildman–Crippen LogP) is 3.91. The molecule has 1 aromatic carbocycles. The van der Waals surface area contributed by atoms with Crippen LogP contribution in [0.2, 0.25) is 0 Å². The number of ether oxygens (including phenoxy) is 1. The Hall–Kier alpha value is -1.05. The molecule has 0 unspecified atom stereocenters. The molecule has 0 aromatic heterocycles. The molecule has 0 aliphatic rings. The maximum absolute atomic E-state index is 13.5. The van der Waals surface area contributed by atoms with Crippen molar-refractivity contribution in [1.82, 2.24) is 0 Å². The maximum Gasteiger partial charge on any atom is 0.127 e.